The number of carbonyl (C=O) groups is 2. The fraction of sp³-hybridized carbons (Fsp3) is 0.400. The van der Waals surface area contributed by atoms with E-state index in [1.807, 2.05) is 53.6 Å². The number of ether oxygens (including phenoxy) is 1. The summed E-state index contributed by atoms with van der Waals surface area (Å²) in [5, 5.41) is 11.1. The summed E-state index contributed by atoms with van der Waals surface area (Å²) in [6.07, 6.45) is 4.09. The molecule has 2 amide bonds. The number of nitrogens with one attached hydrogen (secondary N) is 2. The SMILES string of the molecule is O=C(NC1Cc2ccc3[nH]ncc3c2CN(CCN2CCCC2)C1=O)OCc1ccccc1. The quantitative estimate of drug-likeness (QED) is 0.607. The van der Waals surface area contributed by atoms with E-state index in [0.717, 1.165) is 47.2 Å². The topological polar surface area (TPSA) is 90.6 Å². The number of nitrogens with zero attached hydrogens (tertiary/aromatic N) is 3. The predicted octanol–water partition coefficient (Wildman–Crippen LogP) is 2.84. The number of fused-ring (bicyclic) bond motifs is 3. The fourth-order valence-electron chi connectivity index (χ4n) is 4.77. The average molecular weight is 448 g/mol. The Hall–Kier alpha value is -3.39. The molecule has 3 aromatic rings. The molecule has 3 heterocycles. The van der Waals surface area contributed by atoms with Gasteiger partial charge in [0, 0.05) is 31.4 Å². The van der Waals surface area contributed by atoms with Crippen LogP contribution in [-0.4, -0.2) is 64.2 Å². The monoisotopic (exact) mass is 447 g/mol. The predicted molar refractivity (Wildman–Crippen MR) is 124 cm³/mol. The lowest BCUT2D eigenvalue weighted by Gasteiger charge is -2.27. The standard InChI is InChI=1S/C25H29N5O3/c31-24-23(27-25(32)33-17-18-6-2-1-3-7-18)14-19-8-9-22-20(15-26-28-22)21(19)16-30(24)13-12-29-10-4-5-11-29/h1-3,6-9,15,23H,4-5,10-14,16-17H2,(H,26,28)(H,27,32). The van der Waals surface area contributed by atoms with E-state index in [4.69, 9.17) is 4.74 Å². The minimum atomic E-state index is -0.669. The molecule has 2 aliphatic rings. The summed E-state index contributed by atoms with van der Waals surface area (Å²) < 4.78 is 5.40. The van der Waals surface area contributed by atoms with Crippen LogP contribution in [0.5, 0.6) is 0 Å². The van der Waals surface area contributed by atoms with Gasteiger partial charge in [-0.25, -0.2) is 4.79 Å². The number of aromatic amines is 1. The molecule has 5 rings (SSSR count). The van der Waals surface area contributed by atoms with Crippen molar-refractivity contribution >= 4 is 22.9 Å². The zero-order valence-corrected chi connectivity index (χ0v) is 18.6. The minimum absolute atomic E-state index is 0.0706. The van der Waals surface area contributed by atoms with Crippen LogP contribution in [0.2, 0.25) is 0 Å². The number of benzene rings is 2. The van der Waals surface area contributed by atoms with Crippen LogP contribution in [0.25, 0.3) is 10.9 Å². The third kappa shape index (κ3) is 4.85. The Balaban J connectivity index is 1.34. The molecular formula is C25H29N5O3. The van der Waals surface area contributed by atoms with E-state index in [1.54, 1.807) is 0 Å². The summed E-state index contributed by atoms with van der Waals surface area (Å²) in [6, 6.07) is 12.9. The maximum Gasteiger partial charge on any atom is 0.408 e. The largest absolute Gasteiger partial charge is 0.445 e. The van der Waals surface area contributed by atoms with Gasteiger partial charge in [-0.2, -0.15) is 5.10 Å². The van der Waals surface area contributed by atoms with Gasteiger partial charge < -0.3 is 19.9 Å². The van der Waals surface area contributed by atoms with Crippen molar-refractivity contribution in [3.05, 3.63) is 65.4 Å². The number of hydrogen-bond acceptors (Lipinski definition) is 5. The maximum absolute atomic E-state index is 13.5. The van der Waals surface area contributed by atoms with E-state index in [9.17, 15) is 9.59 Å². The van der Waals surface area contributed by atoms with Crippen LogP contribution in [0, 0.1) is 0 Å². The van der Waals surface area contributed by atoms with Gasteiger partial charge in [0.2, 0.25) is 5.91 Å². The zero-order valence-electron chi connectivity index (χ0n) is 18.6. The number of carbonyl (C=O) groups excluding carboxylic acids is 2. The number of alkyl carbamates (subject to hydrolysis) is 1. The summed E-state index contributed by atoms with van der Waals surface area (Å²) in [5.74, 6) is -0.0706. The van der Waals surface area contributed by atoms with Crippen LogP contribution < -0.4 is 5.32 Å². The van der Waals surface area contributed by atoms with E-state index in [1.165, 1.54) is 12.8 Å². The van der Waals surface area contributed by atoms with Crippen molar-refractivity contribution in [3.63, 3.8) is 0 Å². The third-order valence-electron chi connectivity index (χ3n) is 6.61. The molecule has 0 spiro atoms. The first kappa shape index (κ1) is 21.5. The highest BCUT2D eigenvalue weighted by molar-refractivity contribution is 5.89. The molecule has 1 unspecified atom stereocenters. The molecule has 172 valence electrons. The lowest BCUT2D eigenvalue weighted by atomic mass is 9.99. The minimum Gasteiger partial charge on any atom is -0.445 e. The average Bonchev–Trinajstić information content (AvgIpc) is 3.51. The van der Waals surface area contributed by atoms with Crippen LogP contribution in [0.3, 0.4) is 0 Å². The molecule has 8 nitrogen and oxygen atoms in total. The molecule has 8 heteroatoms. The van der Waals surface area contributed by atoms with Crippen molar-refractivity contribution in [3.8, 4) is 0 Å². The molecule has 1 aromatic heterocycles. The third-order valence-corrected chi connectivity index (χ3v) is 6.61. The Bertz CT molecular complexity index is 1120. The van der Waals surface area contributed by atoms with Crippen molar-refractivity contribution in [2.24, 2.45) is 0 Å². The number of hydrogen-bond donors (Lipinski definition) is 2. The highest BCUT2D eigenvalue weighted by Gasteiger charge is 2.32. The summed E-state index contributed by atoms with van der Waals surface area (Å²) >= 11 is 0. The van der Waals surface area contributed by atoms with Crippen molar-refractivity contribution in [1.82, 2.24) is 25.3 Å². The highest BCUT2D eigenvalue weighted by Crippen LogP contribution is 2.27. The number of H-pyrrole nitrogens is 1. The van der Waals surface area contributed by atoms with E-state index < -0.39 is 12.1 Å². The summed E-state index contributed by atoms with van der Waals surface area (Å²) in [4.78, 5) is 30.4. The van der Waals surface area contributed by atoms with Gasteiger partial charge in [0.1, 0.15) is 12.6 Å². The van der Waals surface area contributed by atoms with Gasteiger partial charge in [-0.1, -0.05) is 36.4 Å². The van der Waals surface area contributed by atoms with Gasteiger partial charge in [0.25, 0.3) is 0 Å². The highest BCUT2D eigenvalue weighted by atomic mass is 16.5. The second-order valence-electron chi connectivity index (χ2n) is 8.81. The molecule has 0 bridgehead atoms. The number of aromatic nitrogens is 2. The van der Waals surface area contributed by atoms with Crippen LogP contribution >= 0.6 is 0 Å². The van der Waals surface area contributed by atoms with E-state index in [0.29, 0.717) is 19.5 Å². The maximum atomic E-state index is 13.5. The molecule has 2 N–H and O–H groups in total. The molecule has 1 fully saturated rings. The molecule has 2 aromatic carbocycles. The molecule has 0 radical (unpaired) electrons. The van der Waals surface area contributed by atoms with Crippen molar-refractivity contribution in [2.45, 2.75) is 38.5 Å². The normalized spacial score (nSPS) is 18.8. The van der Waals surface area contributed by atoms with Crippen LogP contribution in [0.1, 0.15) is 29.5 Å². The lowest BCUT2D eigenvalue weighted by molar-refractivity contribution is -0.133. The number of likely N-dealkylation sites (tertiary alicyclic amines) is 1. The molecule has 1 saturated heterocycles. The first-order valence-electron chi connectivity index (χ1n) is 11.6. The smallest absolute Gasteiger partial charge is 0.408 e. The number of amides is 2. The molecule has 0 saturated carbocycles. The summed E-state index contributed by atoms with van der Waals surface area (Å²) in [5.41, 5.74) is 4.00. The summed E-state index contributed by atoms with van der Waals surface area (Å²) in [7, 11) is 0. The van der Waals surface area contributed by atoms with E-state index in [2.05, 4.69) is 20.4 Å². The zero-order chi connectivity index (χ0) is 22.6. The van der Waals surface area contributed by atoms with Gasteiger partial charge in [-0.05, 0) is 48.7 Å². The van der Waals surface area contributed by atoms with E-state index in [-0.39, 0.29) is 12.5 Å². The van der Waals surface area contributed by atoms with Gasteiger partial charge in [0.15, 0.2) is 0 Å². The fourth-order valence-corrected chi connectivity index (χ4v) is 4.77. The van der Waals surface area contributed by atoms with Crippen molar-refractivity contribution < 1.29 is 14.3 Å². The van der Waals surface area contributed by atoms with E-state index >= 15 is 0 Å². The molecular weight excluding hydrogens is 418 g/mol. The Morgan fingerprint density at radius 2 is 1.94 bits per heavy atom. The lowest BCUT2D eigenvalue weighted by Crippen LogP contribution is -2.49. The Kier molecular flexibility index (Phi) is 6.26. The summed E-state index contributed by atoms with van der Waals surface area (Å²) in [6.45, 7) is 4.31. The Morgan fingerprint density at radius 3 is 2.76 bits per heavy atom. The Morgan fingerprint density at radius 1 is 1.12 bits per heavy atom. The first-order chi connectivity index (χ1) is 16.2. The first-order valence-corrected chi connectivity index (χ1v) is 11.6. The van der Waals surface area contributed by atoms with Gasteiger partial charge in [-0.15, -0.1) is 0 Å². The van der Waals surface area contributed by atoms with Crippen LogP contribution in [0.4, 0.5) is 4.79 Å². The molecule has 33 heavy (non-hydrogen) atoms. The number of rotatable bonds is 6. The second-order valence-corrected chi connectivity index (χ2v) is 8.81. The molecule has 1 atom stereocenters. The Labute approximate surface area is 192 Å². The van der Waals surface area contributed by atoms with Gasteiger partial charge in [-0.3, -0.25) is 9.89 Å². The van der Waals surface area contributed by atoms with Crippen LogP contribution in [0.15, 0.2) is 48.7 Å². The van der Waals surface area contributed by atoms with Gasteiger partial charge in [0.05, 0.1) is 11.7 Å². The molecule has 2 aliphatic heterocycles. The van der Waals surface area contributed by atoms with Crippen molar-refractivity contribution in [2.75, 3.05) is 26.2 Å². The van der Waals surface area contributed by atoms with Crippen molar-refractivity contribution in [1.29, 1.82) is 0 Å². The second kappa shape index (κ2) is 9.62. The van der Waals surface area contributed by atoms with Crippen LogP contribution in [-0.2, 0) is 29.1 Å². The van der Waals surface area contributed by atoms with Gasteiger partial charge >= 0.3 is 6.09 Å². The molecule has 0 aliphatic carbocycles.